The maximum Gasteiger partial charge on any atom is 0.243 e. The van der Waals surface area contributed by atoms with Crippen LogP contribution in [0.5, 0.6) is 0 Å². The van der Waals surface area contributed by atoms with Gasteiger partial charge in [-0.05, 0) is 48.5 Å². The number of hydrogen-bond acceptors (Lipinski definition) is 5. The first kappa shape index (κ1) is 25.4. The second-order valence-electron chi connectivity index (χ2n) is 6.55. The van der Waals surface area contributed by atoms with E-state index in [2.05, 4.69) is 4.72 Å². The van der Waals surface area contributed by atoms with Gasteiger partial charge in [-0.25, -0.2) is 21.6 Å². The molecule has 12 heteroatoms. The lowest BCUT2D eigenvalue weighted by molar-refractivity contribution is 0.191. The molecule has 30 heavy (non-hydrogen) atoms. The Labute approximate surface area is 193 Å². The Morgan fingerprint density at radius 2 is 1.23 bits per heavy atom. The van der Waals surface area contributed by atoms with Crippen molar-refractivity contribution in [2.45, 2.75) is 9.79 Å². The van der Waals surface area contributed by atoms with E-state index in [4.69, 9.17) is 23.2 Å². The third-order valence-corrected chi connectivity index (χ3v) is 8.52. The number of benzene rings is 2. The molecule has 7 nitrogen and oxygen atoms in total. The summed E-state index contributed by atoms with van der Waals surface area (Å²) in [6.45, 7) is 2.45. The molecule has 0 radical (unpaired) electrons. The van der Waals surface area contributed by atoms with E-state index in [0.29, 0.717) is 42.8 Å². The molecule has 0 atom stereocenters. The van der Waals surface area contributed by atoms with E-state index >= 15 is 0 Å². The van der Waals surface area contributed by atoms with Crippen molar-refractivity contribution in [2.24, 2.45) is 0 Å². The average Bonchev–Trinajstić information content (AvgIpc) is 2.69. The van der Waals surface area contributed by atoms with E-state index < -0.39 is 20.0 Å². The van der Waals surface area contributed by atoms with Crippen molar-refractivity contribution in [1.29, 1.82) is 0 Å². The smallest absolute Gasteiger partial charge is 0.243 e. The lowest BCUT2D eigenvalue weighted by Gasteiger charge is -2.33. The lowest BCUT2D eigenvalue weighted by Crippen LogP contribution is -2.50. The molecule has 1 N–H and O–H groups in total. The monoisotopic (exact) mass is 513 g/mol. The molecule has 0 bridgehead atoms. The zero-order chi connectivity index (χ0) is 21.1. The van der Waals surface area contributed by atoms with Crippen LogP contribution < -0.4 is 4.72 Å². The van der Waals surface area contributed by atoms with Gasteiger partial charge in [-0.2, -0.15) is 4.31 Å². The fraction of sp³-hybridized carbons (Fsp3) is 0.333. The Hall–Kier alpha value is -0.910. The van der Waals surface area contributed by atoms with E-state index in [0.717, 1.165) is 0 Å². The quantitative estimate of drug-likeness (QED) is 0.614. The van der Waals surface area contributed by atoms with Crippen LogP contribution in [0.15, 0.2) is 58.3 Å². The van der Waals surface area contributed by atoms with Crippen LogP contribution in [0, 0.1) is 0 Å². The third-order valence-electron chi connectivity index (χ3n) is 4.63. The van der Waals surface area contributed by atoms with Gasteiger partial charge in [0, 0.05) is 49.3 Å². The molecule has 0 aromatic heterocycles. The molecular weight excluding hydrogens is 493 g/mol. The van der Waals surface area contributed by atoms with Crippen molar-refractivity contribution in [1.82, 2.24) is 13.9 Å². The van der Waals surface area contributed by atoms with Crippen LogP contribution in [0.1, 0.15) is 0 Å². The highest BCUT2D eigenvalue weighted by atomic mass is 35.5. The van der Waals surface area contributed by atoms with Gasteiger partial charge in [0.2, 0.25) is 20.0 Å². The predicted molar refractivity (Wildman–Crippen MR) is 121 cm³/mol. The first-order chi connectivity index (χ1) is 13.7. The minimum absolute atomic E-state index is 0. The highest BCUT2D eigenvalue weighted by Gasteiger charge is 2.28. The number of sulfonamides is 2. The molecule has 1 fully saturated rings. The van der Waals surface area contributed by atoms with Crippen molar-refractivity contribution < 1.29 is 16.8 Å². The largest absolute Gasteiger partial charge is 0.299 e. The number of nitrogens with one attached hydrogen (secondary N) is 1. The molecule has 2 aromatic rings. The van der Waals surface area contributed by atoms with E-state index in [1.807, 2.05) is 4.90 Å². The minimum Gasteiger partial charge on any atom is -0.299 e. The van der Waals surface area contributed by atoms with Crippen molar-refractivity contribution in [3.63, 3.8) is 0 Å². The lowest BCUT2D eigenvalue weighted by atomic mass is 10.3. The normalized spacial score (nSPS) is 16.2. The molecular formula is C18H22Cl3N3O4S2. The van der Waals surface area contributed by atoms with Crippen LogP contribution in [0.4, 0.5) is 0 Å². The van der Waals surface area contributed by atoms with Gasteiger partial charge >= 0.3 is 0 Å². The van der Waals surface area contributed by atoms with E-state index in [1.165, 1.54) is 40.7 Å². The zero-order valence-electron chi connectivity index (χ0n) is 15.9. The summed E-state index contributed by atoms with van der Waals surface area (Å²) in [5.41, 5.74) is 0. The zero-order valence-corrected chi connectivity index (χ0v) is 19.8. The molecule has 1 aliphatic heterocycles. The van der Waals surface area contributed by atoms with Gasteiger partial charge in [0.1, 0.15) is 0 Å². The standard InChI is InChI=1S/C18H21Cl2N3O4S2.ClH/c19-15-1-5-17(6-2-15)28(24,25)21-9-10-22-11-13-23(14-12-22)29(26,27)18-7-3-16(20)4-8-18;/h1-8,21H,9-14H2;1H. The highest BCUT2D eigenvalue weighted by Crippen LogP contribution is 2.20. The SMILES string of the molecule is Cl.O=S(=O)(NCCN1CCN(S(=O)(=O)c2ccc(Cl)cc2)CC1)c1ccc(Cl)cc1. The van der Waals surface area contributed by atoms with E-state index in [1.54, 1.807) is 12.1 Å². The van der Waals surface area contributed by atoms with Crippen molar-refractivity contribution in [3.8, 4) is 0 Å². The Balaban J connectivity index is 0.00000320. The number of nitrogens with zero attached hydrogens (tertiary/aromatic N) is 2. The Bertz CT molecular complexity index is 1040. The predicted octanol–water partition coefficient (Wildman–Crippen LogP) is 2.70. The van der Waals surface area contributed by atoms with E-state index in [-0.39, 0.29) is 28.7 Å². The molecule has 0 spiro atoms. The maximum absolute atomic E-state index is 12.7. The van der Waals surface area contributed by atoms with Gasteiger partial charge in [0.25, 0.3) is 0 Å². The number of rotatable bonds is 7. The van der Waals surface area contributed by atoms with Gasteiger partial charge in [-0.3, -0.25) is 4.90 Å². The average molecular weight is 515 g/mol. The van der Waals surface area contributed by atoms with Crippen molar-refractivity contribution in [3.05, 3.63) is 58.6 Å². The molecule has 3 rings (SSSR count). The number of piperazine rings is 1. The van der Waals surface area contributed by atoms with Crippen LogP contribution in [-0.2, 0) is 20.0 Å². The van der Waals surface area contributed by atoms with Crippen molar-refractivity contribution in [2.75, 3.05) is 39.3 Å². The van der Waals surface area contributed by atoms with Crippen LogP contribution in [0.2, 0.25) is 10.0 Å². The molecule has 1 heterocycles. The minimum atomic E-state index is -3.60. The summed E-state index contributed by atoms with van der Waals surface area (Å²) < 4.78 is 53.9. The van der Waals surface area contributed by atoms with Crippen LogP contribution in [0.25, 0.3) is 0 Å². The molecule has 0 aliphatic carbocycles. The summed E-state index contributed by atoms with van der Waals surface area (Å²) in [5.74, 6) is 0. The number of halogens is 3. The Morgan fingerprint density at radius 3 is 1.73 bits per heavy atom. The molecule has 1 aliphatic rings. The van der Waals surface area contributed by atoms with Gasteiger partial charge in [-0.15, -0.1) is 12.4 Å². The van der Waals surface area contributed by atoms with Crippen molar-refractivity contribution >= 4 is 55.7 Å². The Kier molecular flexibility index (Phi) is 8.96. The van der Waals surface area contributed by atoms with E-state index in [9.17, 15) is 16.8 Å². The van der Waals surface area contributed by atoms with Gasteiger partial charge in [-0.1, -0.05) is 23.2 Å². The summed E-state index contributed by atoms with van der Waals surface area (Å²) >= 11 is 11.6. The second-order valence-corrected chi connectivity index (χ2v) is 11.1. The topological polar surface area (TPSA) is 86.8 Å². The fourth-order valence-electron chi connectivity index (χ4n) is 2.98. The molecule has 0 amide bonds. The van der Waals surface area contributed by atoms with Crippen LogP contribution in [-0.4, -0.2) is 65.3 Å². The summed E-state index contributed by atoms with van der Waals surface area (Å²) in [7, 11) is -7.16. The molecule has 2 aromatic carbocycles. The maximum atomic E-state index is 12.7. The molecule has 0 unspecified atom stereocenters. The van der Waals surface area contributed by atoms with Gasteiger partial charge < -0.3 is 0 Å². The summed E-state index contributed by atoms with van der Waals surface area (Å²) in [5, 5.41) is 0.949. The molecule has 1 saturated heterocycles. The molecule has 166 valence electrons. The third kappa shape index (κ3) is 6.30. The fourth-order valence-corrected chi connectivity index (χ4v) is 5.68. The Morgan fingerprint density at radius 1 is 0.767 bits per heavy atom. The number of hydrogen-bond donors (Lipinski definition) is 1. The van der Waals surface area contributed by atoms with Crippen LogP contribution >= 0.6 is 35.6 Å². The first-order valence-electron chi connectivity index (χ1n) is 8.92. The first-order valence-corrected chi connectivity index (χ1v) is 12.6. The van der Waals surface area contributed by atoms with Crippen LogP contribution in [0.3, 0.4) is 0 Å². The summed E-state index contributed by atoms with van der Waals surface area (Å²) in [4.78, 5) is 2.39. The molecule has 0 saturated carbocycles. The summed E-state index contributed by atoms with van der Waals surface area (Å²) in [6.07, 6.45) is 0. The highest BCUT2D eigenvalue weighted by molar-refractivity contribution is 7.89. The van der Waals surface area contributed by atoms with Gasteiger partial charge in [0.05, 0.1) is 9.79 Å². The van der Waals surface area contributed by atoms with Gasteiger partial charge in [0.15, 0.2) is 0 Å². The second kappa shape index (κ2) is 10.6. The summed E-state index contributed by atoms with van der Waals surface area (Å²) in [6, 6.07) is 12.0.